The molecule has 0 aliphatic heterocycles. The molecule has 0 atom stereocenters. The summed E-state index contributed by atoms with van der Waals surface area (Å²) in [6.07, 6.45) is 6.96. The van der Waals surface area contributed by atoms with E-state index in [1.54, 1.807) is 0 Å². The van der Waals surface area contributed by atoms with E-state index in [0.717, 1.165) is 19.3 Å². The maximum atomic E-state index is 11.7. The Hall–Kier alpha value is -0.790. The number of hydrogen-bond donors (Lipinski definition) is 1. The van der Waals surface area contributed by atoms with Crippen molar-refractivity contribution in [3.05, 3.63) is 12.2 Å². The van der Waals surface area contributed by atoms with Gasteiger partial charge in [0.25, 0.3) is 0 Å². The maximum absolute atomic E-state index is 11.7. The molecular weight excluding hydrogens is 162 g/mol. The monoisotopic (exact) mass is 181 g/mol. The summed E-state index contributed by atoms with van der Waals surface area (Å²) in [5.41, 5.74) is -0.0559. The zero-order valence-electron chi connectivity index (χ0n) is 8.76. The molecule has 13 heavy (non-hydrogen) atoms. The predicted molar refractivity (Wildman–Crippen MR) is 54.4 cm³/mol. The average molecular weight is 181 g/mol. The van der Waals surface area contributed by atoms with Crippen molar-refractivity contribution in [1.82, 2.24) is 5.32 Å². The Kier molecular flexibility index (Phi) is 3.12. The SMILES string of the molecule is CCC(C)(C)NC(=O)C1CC=CC1. The van der Waals surface area contributed by atoms with Gasteiger partial charge in [-0.1, -0.05) is 19.1 Å². The molecule has 0 aromatic heterocycles. The first-order valence-corrected chi connectivity index (χ1v) is 5.02. The molecule has 0 radical (unpaired) electrons. The number of allylic oxidation sites excluding steroid dienone is 2. The van der Waals surface area contributed by atoms with E-state index < -0.39 is 0 Å². The van der Waals surface area contributed by atoms with Gasteiger partial charge in [-0.15, -0.1) is 0 Å². The fourth-order valence-corrected chi connectivity index (χ4v) is 1.36. The summed E-state index contributed by atoms with van der Waals surface area (Å²) in [7, 11) is 0. The summed E-state index contributed by atoms with van der Waals surface area (Å²) in [5.74, 6) is 0.391. The lowest BCUT2D eigenvalue weighted by Gasteiger charge is -2.26. The summed E-state index contributed by atoms with van der Waals surface area (Å²) in [5, 5.41) is 3.07. The highest BCUT2D eigenvalue weighted by molar-refractivity contribution is 5.80. The smallest absolute Gasteiger partial charge is 0.224 e. The number of carbonyl (C=O) groups is 1. The van der Waals surface area contributed by atoms with Crippen LogP contribution >= 0.6 is 0 Å². The first kappa shape index (κ1) is 10.3. The molecule has 1 rings (SSSR count). The van der Waals surface area contributed by atoms with E-state index in [9.17, 15) is 4.79 Å². The Morgan fingerprint density at radius 2 is 2.00 bits per heavy atom. The van der Waals surface area contributed by atoms with Gasteiger partial charge in [-0.05, 0) is 33.1 Å². The van der Waals surface area contributed by atoms with Crippen LogP contribution in [0, 0.1) is 5.92 Å². The van der Waals surface area contributed by atoms with Crippen LogP contribution in [0.4, 0.5) is 0 Å². The molecule has 0 aromatic rings. The van der Waals surface area contributed by atoms with Crippen LogP contribution in [0.1, 0.15) is 40.0 Å². The van der Waals surface area contributed by atoms with Gasteiger partial charge in [0.1, 0.15) is 0 Å². The van der Waals surface area contributed by atoms with E-state index in [1.165, 1.54) is 0 Å². The molecule has 0 saturated heterocycles. The molecule has 0 spiro atoms. The molecule has 0 bridgehead atoms. The molecule has 0 fully saturated rings. The van der Waals surface area contributed by atoms with E-state index in [2.05, 4.69) is 38.2 Å². The van der Waals surface area contributed by atoms with Crippen molar-refractivity contribution in [3.63, 3.8) is 0 Å². The Balaban J connectivity index is 2.41. The zero-order chi connectivity index (χ0) is 9.90. The van der Waals surface area contributed by atoms with Gasteiger partial charge in [-0.3, -0.25) is 4.79 Å². The highest BCUT2D eigenvalue weighted by Gasteiger charge is 2.24. The lowest BCUT2D eigenvalue weighted by molar-refractivity contribution is -0.126. The number of hydrogen-bond acceptors (Lipinski definition) is 1. The van der Waals surface area contributed by atoms with Crippen LogP contribution in [0.3, 0.4) is 0 Å². The van der Waals surface area contributed by atoms with E-state index in [1.807, 2.05) is 0 Å². The molecule has 2 nitrogen and oxygen atoms in total. The molecule has 0 saturated carbocycles. The normalized spacial score (nSPS) is 17.8. The van der Waals surface area contributed by atoms with Crippen LogP contribution in [0.25, 0.3) is 0 Å². The predicted octanol–water partition coefficient (Wildman–Crippen LogP) is 2.26. The fourth-order valence-electron chi connectivity index (χ4n) is 1.36. The van der Waals surface area contributed by atoms with Crippen LogP contribution in [-0.2, 0) is 4.79 Å². The van der Waals surface area contributed by atoms with Crippen molar-refractivity contribution < 1.29 is 4.79 Å². The Bertz CT molecular complexity index is 210. The van der Waals surface area contributed by atoms with Crippen molar-refractivity contribution in [3.8, 4) is 0 Å². The fraction of sp³-hybridized carbons (Fsp3) is 0.727. The van der Waals surface area contributed by atoms with Crippen LogP contribution in [0.2, 0.25) is 0 Å². The van der Waals surface area contributed by atoms with E-state index in [-0.39, 0.29) is 17.4 Å². The summed E-state index contributed by atoms with van der Waals surface area (Å²) in [6, 6.07) is 0. The highest BCUT2D eigenvalue weighted by Crippen LogP contribution is 2.19. The maximum Gasteiger partial charge on any atom is 0.224 e. The topological polar surface area (TPSA) is 29.1 Å². The molecule has 1 aliphatic carbocycles. The van der Waals surface area contributed by atoms with E-state index >= 15 is 0 Å². The largest absolute Gasteiger partial charge is 0.351 e. The van der Waals surface area contributed by atoms with E-state index in [0.29, 0.717) is 0 Å². The lowest BCUT2D eigenvalue weighted by atomic mass is 9.99. The van der Waals surface area contributed by atoms with Gasteiger partial charge >= 0.3 is 0 Å². The molecule has 2 heteroatoms. The number of carbonyl (C=O) groups excluding carboxylic acids is 1. The van der Waals surface area contributed by atoms with Gasteiger partial charge in [-0.25, -0.2) is 0 Å². The standard InChI is InChI=1S/C11H19NO/c1-4-11(2,3)12-10(13)9-7-5-6-8-9/h5-6,9H,4,7-8H2,1-3H3,(H,12,13). The Morgan fingerprint density at radius 1 is 1.46 bits per heavy atom. The third kappa shape index (κ3) is 2.87. The zero-order valence-corrected chi connectivity index (χ0v) is 8.76. The molecule has 0 heterocycles. The van der Waals surface area contributed by atoms with Crippen molar-refractivity contribution in [2.24, 2.45) is 5.92 Å². The van der Waals surface area contributed by atoms with Crippen molar-refractivity contribution in [1.29, 1.82) is 0 Å². The summed E-state index contributed by atoms with van der Waals surface area (Å²) >= 11 is 0. The minimum absolute atomic E-state index is 0.0559. The first-order chi connectivity index (χ1) is 6.05. The average Bonchev–Trinajstić information content (AvgIpc) is 2.55. The van der Waals surface area contributed by atoms with Gasteiger partial charge in [-0.2, -0.15) is 0 Å². The molecule has 1 aliphatic rings. The summed E-state index contributed by atoms with van der Waals surface area (Å²) in [4.78, 5) is 11.7. The summed E-state index contributed by atoms with van der Waals surface area (Å²) < 4.78 is 0. The quantitative estimate of drug-likeness (QED) is 0.665. The lowest BCUT2D eigenvalue weighted by Crippen LogP contribution is -2.45. The third-order valence-corrected chi connectivity index (χ3v) is 2.72. The van der Waals surface area contributed by atoms with Gasteiger partial charge in [0, 0.05) is 11.5 Å². The van der Waals surface area contributed by atoms with Gasteiger partial charge in [0.15, 0.2) is 0 Å². The second-order valence-electron chi connectivity index (χ2n) is 4.37. The minimum atomic E-state index is -0.0559. The second kappa shape index (κ2) is 3.95. The van der Waals surface area contributed by atoms with Gasteiger partial charge in [0.05, 0.1) is 0 Å². The molecule has 0 unspecified atom stereocenters. The van der Waals surface area contributed by atoms with Crippen LogP contribution in [-0.4, -0.2) is 11.4 Å². The molecule has 0 aromatic carbocycles. The molecule has 74 valence electrons. The number of amides is 1. The van der Waals surface area contributed by atoms with Crippen molar-refractivity contribution in [2.75, 3.05) is 0 Å². The number of rotatable bonds is 3. The van der Waals surface area contributed by atoms with Crippen LogP contribution < -0.4 is 5.32 Å². The van der Waals surface area contributed by atoms with Crippen LogP contribution in [0.5, 0.6) is 0 Å². The Morgan fingerprint density at radius 3 is 2.46 bits per heavy atom. The van der Waals surface area contributed by atoms with E-state index in [4.69, 9.17) is 0 Å². The summed E-state index contributed by atoms with van der Waals surface area (Å²) in [6.45, 7) is 6.22. The molecule has 1 amide bonds. The Labute approximate surface area is 80.4 Å². The molecular formula is C11H19NO. The third-order valence-electron chi connectivity index (χ3n) is 2.72. The van der Waals surface area contributed by atoms with Crippen molar-refractivity contribution in [2.45, 2.75) is 45.6 Å². The highest BCUT2D eigenvalue weighted by atomic mass is 16.2. The number of nitrogens with one attached hydrogen (secondary N) is 1. The van der Waals surface area contributed by atoms with Gasteiger partial charge < -0.3 is 5.32 Å². The second-order valence-corrected chi connectivity index (χ2v) is 4.37. The first-order valence-electron chi connectivity index (χ1n) is 5.02. The van der Waals surface area contributed by atoms with Crippen LogP contribution in [0.15, 0.2) is 12.2 Å². The van der Waals surface area contributed by atoms with Gasteiger partial charge in [0.2, 0.25) is 5.91 Å². The molecule has 1 N–H and O–H groups in total. The minimum Gasteiger partial charge on any atom is -0.351 e. The van der Waals surface area contributed by atoms with Crippen molar-refractivity contribution >= 4 is 5.91 Å².